The third kappa shape index (κ3) is 23.6. The Morgan fingerprint density at radius 3 is 1.50 bits per heavy atom. The minimum absolute atomic E-state index is 0. The Kier molecular flexibility index (Phi) is 20.6. The first-order valence-electron chi connectivity index (χ1n) is 2.55. The van der Waals surface area contributed by atoms with E-state index in [9.17, 15) is 0 Å². The van der Waals surface area contributed by atoms with Crippen LogP contribution in [0.2, 0.25) is 0 Å². The first-order chi connectivity index (χ1) is 4.06. The van der Waals surface area contributed by atoms with E-state index in [1.54, 1.807) is 0 Å². The number of hydrogen-bond donors (Lipinski definition) is 1. The van der Waals surface area contributed by atoms with Crippen molar-refractivity contribution in [2.45, 2.75) is 13.8 Å². The van der Waals surface area contributed by atoms with Crippen LogP contribution in [0.4, 0.5) is 0 Å². The van der Waals surface area contributed by atoms with Crippen LogP contribution in [-0.4, -0.2) is 30.6 Å². The van der Waals surface area contributed by atoms with E-state index >= 15 is 0 Å². The summed E-state index contributed by atoms with van der Waals surface area (Å²) in [5, 5.41) is 6.76. The molecule has 0 aliphatic carbocycles. The SMILES string of the molecule is C[C-](C)N(C)C.O=[C-]O.[Y]. The van der Waals surface area contributed by atoms with Gasteiger partial charge in [-0.1, -0.05) is 6.47 Å². The van der Waals surface area contributed by atoms with Crippen molar-refractivity contribution >= 4 is 6.47 Å². The molecule has 59 valence electrons. The van der Waals surface area contributed by atoms with Crippen molar-refractivity contribution in [2.24, 2.45) is 0 Å². The van der Waals surface area contributed by atoms with Crippen LogP contribution in [0.25, 0.3) is 0 Å². The normalized spacial score (nSPS) is 7.80. The summed E-state index contributed by atoms with van der Waals surface area (Å²) < 4.78 is 0. The molecule has 0 amide bonds. The Labute approximate surface area is 87.7 Å². The van der Waals surface area contributed by atoms with Gasteiger partial charge in [-0.15, -0.1) is 0 Å². The van der Waals surface area contributed by atoms with Gasteiger partial charge in [0.05, 0.1) is 0 Å². The van der Waals surface area contributed by atoms with Crippen LogP contribution in [0.3, 0.4) is 0 Å². The zero-order valence-corrected chi connectivity index (χ0v) is 9.72. The number of rotatable bonds is 1. The molecule has 0 aromatic rings. The Balaban J connectivity index is -0.000000107. The van der Waals surface area contributed by atoms with Gasteiger partial charge in [-0.25, -0.2) is 0 Å². The maximum absolute atomic E-state index is 8.24. The zero-order chi connectivity index (χ0) is 7.86. The largest absolute Gasteiger partial charge is 0.665 e. The fourth-order valence-corrected chi connectivity index (χ4v) is 0. The first-order valence-corrected chi connectivity index (χ1v) is 2.55. The molecule has 0 spiro atoms. The third-order valence-corrected chi connectivity index (χ3v) is 0.894. The molecule has 4 heteroatoms. The molecule has 1 N–H and O–H groups in total. The molecule has 0 saturated carbocycles. The molecule has 0 fully saturated rings. The number of hydrogen-bond acceptors (Lipinski definition) is 2. The summed E-state index contributed by atoms with van der Waals surface area (Å²) in [4.78, 5) is 10.3. The predicted molar refractivity (Wildman–Crippen MR) is 36.6 cm³/mol. The van der Waals surface area contributed by atoms with Gasteiger partial charge in [-0.3, -0.25) is 6.04 Å². The van der Waals surface area contributed by atoms with Gasteiger partial charge in [0.1, 0.15) is 0 Å². The monoisotopic (exact) mass is 220 g/mol. The van der Waals surface area contributed by atoms with Crippen molar-refractivity contribution < 1.29 is 42.6 Å². The van der Waals surface area contributed by atoms with Crippen LogP contribution in [0.5, 0.6) is 0 Å². The second kappa shape index (κ2) is 12.2. The average Bonchev–Trinajstić information content (AvgIpc) is 1.68. The van der Waals surface area contributed by atoms with Crippen LogP contribution in [0.1, 0.15) is 13.8 Å². The molecule has 0 atom stereocenters. The van der Waals surface area contributed by atoms with E-state index in [4.69, 9.17) is 9.90 Å². The maximum Gasteiger partial charge on any atom is 0 e. The molecule has 0 unspecified atom stereocenters. The molecule has 0 aliphatic heterocycles. The van der Waals surface area contributed by atoms with Gasteiger partial charge in [-0.2, -0.15) is 13.8 Å². The predicted octanol–water partition coefficient (Wildman–Crippen LogP) is 0.729. The summed E-state index contributed by atoms with van der Waals surface area (Å²) in [6.45, 7) is 4.67. The molecule has 0 aliphatic rings. The van der Waals surface area contributed by atoms with Crippen molar-refractivity contribution in [2.75, 3.05) is 14.1 Å². The summed E-state index contributed by atoms with van der Waals surface area (Å²) >= 11 is 0. The minimum atomic E-state index is 0. The van der Waals surface area contributed by atoms with Gasteiger partial charge in [0.25, 0.3) is 0 Å². The Morgan fingerprint density at radius 2 is 1.50 bits per heavy atom. The quantitative estimate of drug-likeness (QED) is 0.662. The van der Waals surface area contributed by atoms with E-state index in [-0.39, 0.29) is 32.7 Å². The molecule has 10 heavy (non-hydrogen) atoms. The Morgan fingerprint density at radius 1 is 1.40 bits per heavy atom. The summed E-state index contributed by atoms with van der Waals surface area (Å²) in [7, 11) is 4.07. The van der Waals surface area contributed by atoms with Gasteiger partial charge >= 0.3 is 0 Å². The van der Waals surface area contributed by atoms with Crippen LogP contribution in [0, 0.1) is 6.04 Å². The molecule has 0 aromatic heterocycles. The first kappa shape index (κ1) is 16.9. The average molecular weight is 220 g/mol. The topological polar surface area (TPSA) is 40.5 Å². The van der Waals surface area contributed by atoms with Gasteiger partial charge in [-0.05, 0) is 14.1 Å². The molecule has 3 nitrogen and oxygen atoms in total. The van der Waals surface area contributed by atoms with E-state index in [1.165, 1.54) is 6.04 Å². The summed E-state index contributed by atoms with van der Waals surface area (Å²) in [5.74, 6) is 0. The van der Waals surface area contributed by atoms with Gasteiger partial charge in [0.2, 0.25) is 0 Å². The van der Waals surface area contributed by atoms with E-state index < -0.39 is 0 Å². The Hall–Kier alpha value is 0.534. The second-order valence-corrected chi connectivity index (χ2v) is 1.93. The van der Waals surface area contributed by atoms with Crippen molar-refractivity contribution in [1.29, 1.82) is 0 Å². The molecular weight excluding hydrogens is 207 g/mol. The minimum Gasteiger partial charge on any atom is -0.665 e. The third-order valence-electron chi connectivity index (χ3n) is 0.894. The van der Waals surface area contributed by atoms with E-state index in [0.717, 1.165) is 0 Å². The second-order valence-electron chi connectivity index (χ2n) is 1.93. The van der Waals surface area contributed by atoms with Crippen molar-refractivity contribution in [3.8, 4) is 0 Å². The van der Waals surface area contributed by atoms with Gasteiger partial charge < -0.3 is 14.8 Å². The Bertz CT molecular complexity index is 60.8. The van der Waals surface area contributed by atoms with Crippen molar-refractivity contribution in [3.63, 3.8) is 0 Å². The smallest absolute Gasteiger partial charge is 0 e. The van der Waals surface area contributed by atoms with Crippen molar-refractivity contribution in [3.05, 3.63) is 6.04 Å². The van der Waals surface area contributed by atoms with Gasteiger partial charge in [0.15, 0.2) is 0 Å². The molecular formula is C6H13NO2Y-2. The standard InChI is InChI=1S/C5H12N.CHO2.Y/c1-5(2)6(3)4;2-1-3;/h1-4H3;(H,2,3);/q2*-1;. The number of nitrogens with zero attached hydrogens (tertiary/aromatic N) is 1. The summed E-state index contributed by atoms with van der Waals surface area (Å²) in [6.07, 6.45) is 0. The molecule has 0 bridgehead atoms. The molecule has 0 aromatic carbocycles. The van der Waals surface area contributed by atoms with Crippen LogP contribution in [-0.2, 0) is 37.5 Å². The molecule has 1 radical (unpaired) electrons. The fraction of sp³-hybridized carbons (Fsp3) is 0.667. The molecule has 0 saturated heterocycles. The summed E-state index contributed by atoms with van der Waals surface area (Å²) in [5.41, 5.74) is 0. The van der Waals surface area contributed by atoms with E-state index in [1.807, 2.05) is 14.1 Å². The number of aliphatic hydroxyl groups excluding tert-OH is 1. The fourth-order valence-electron chi connectivity index (χ4n) is 0. The van der Waals surface area contributed by atoms with Gasteiger partial charge in [0, 0.05) is 32.7 Å². The van der Waals surface area contributed by atoms with E-state index in [0.29, 0.717) is 6.47 Å². The summed E-state index contributed by atoms with van der Waals surface area (Å²) in [6, 6.07) is 1.34. The van der Waals surface area contributed by atoms with Crippen molar-refractivity contribution in [1.82, 2.24) is 4.90 Å². The van der Waals surface area contributed by atoms with Crippen LogP contribution >= 0.6 is 0 Å². The van der Waals surface area contributed by atoms with E-state index in [2.05, 4.69) is 18.7 Å². The van der Waals surface area contributed by atoms with Crippen LogP contribution < -0.4 is 0 Å². The molecule has 0 heterocycles. The van der Waals surface area contributed by atoms with Crippen LogP contribution in [0.15, 0.2) is 0 Å². The molecule has 0 rings (SSSR count). The zero-order valence-electron chi connectivity index (χ0n) is 6.88. The maximum atomic E-state index is 8.24.